The number of likely N-dealkylation sites (tertiary alicyclic amines) is 1. The van der Waals surface area contributed by atoms with Crippen LogP contribution in [-0.2, 0) is 20.9 Å². The molecule has 0 radical (unpaired) electrons. The minimum atomic E-state index is -0.954. The quantitative estimate of drug-likeness (QED) is 0.598. The first-order valence-corrected chi connectivity index (χ1v) is 9.91. The Hall–Kier alpha value is -2.41. The maximum absolute atomic E-state index is 13.1. The molecule has 0 bridgehead atoms. The van der Waals surface area contributed by atoms with Crippen molar-refractivity contribution in [1.82, 2.24) is 15.1 Å². The van der Waals surface area contributed by atoms with E-state index in [1.165, 1.54) is 6.92 Å². The van der Waals surface area contributed by atoms with E-state index < -0.39 is 23.6 Å². The highest BCUT2D eigenvalue weighted by molar-refractivity contribution is 6.09. The van der Waals surface area contributed by atoms with Crippen LogP contribution in [0.3, 0.4) is 0 Å². The van der Waals surface area contributed by atoms with Gasteiger partial charge in [-0.15, -0.1) is 0 Å². The zero-order chi connectivity index (χ0) is 20.3. The minimum absolute atomic E-state index is 0.114. The fourth-order valence-electron chi connectivity index (χ4n) is 3.92. The second-order valence-corrected chi connectivity index (χ2v) is 8.15. The maximum Gasteiger partial charge on any atom is 0.329 e. The zero-order valence-corrected chi connectivity index (χ0v) is 16.8. The number of imide groups is 1. The van der Waals surface area contributed by atoms with Gasteiger partial charge in [0.2, 0.25) is 0 Å². The van der Waals surface area contributed by atoms with Crippen LogP contribution in [0.5, 0.6) is 0 Å². The average molecular weight is 387 g/mol. The Morgan fingerprint density at radius 2 is 1.79 bits per heavy atom. The summed E-state index contributed by atoms with van der Waals surface area (Å²) in [6, 6.07) is 7.85. The summed E-state index contributed by atoms with van der Waals surface area (Å²) in [5, 5.41) is 2.86. The molecule has 1 unspecified atom stereocenters. The Morgan fingerprint density at radius 1 is 1.14 bits per heavy atom. The first-order valence-electron chi connectivity index (χ1n) is 9.91. The van der Waals surface area contributed by atoms with Gasteiger partial charge in [-0.3, -0.25) is 4.79 Å². The molecule has 2 heterocycles. The molecule has 3 rings (SSSR count). The number of carbonyl (C=O) groups excluding carboxylic acids is 3. The molecule has 3 amide bonds. The van der Waals surface area contributed by atoms with E-state index in [1.54, 1.807) is 0 Å². The van der Waals surface area contributed by atoms with Crippen LogP contribution in [0.4, 0.5) is 4.79 Å². The smallest absolute Gasteiger partial charge is 0.329 e. The van der Waals surface area contributed by atoms with Crippen LogP contribution in [0.2, 0.25) is 0 Å². The molecule has 1 atom stereocenters. The third kappa shape index (κ3) is 4.19. The maximum atomic E-state index is 13.1. The number of benzene rings is 1. The SMILES string of the molecule is CC(C)CN1CCC2(CC1)NC(=O)N(C(C)C(=O)OCc1ccccc1)C2=O. The third-order valence-electron chi connectivity index (χ3n) is 5.48. The lowest BCUT2D eigenvalue weighted by molar-refractivity contribution is -0.153. The Morgan fingerprint density at radius 3 is 2.39 bits per heavy atom. The van der Waals surface area contributed by atoms with Crippen LogP contribution in [0, 0.1) is 5.92 Å². The Labute approximate surface area is 166 Å². The second kappa shape index (κ2) is 8.31. The molecule has 28 heavy (non-hydrogen) atoms. The molecule has 0 saturated carbocycles. The summed E-state index contributed by atoms with van der Waals surface area (Å²) in [6.45, 7) is 8.47. The van der Waals surface area contributed by atoms with E-state index >= 15 is 0 Å². The normalized spacial score (nSPS) is 20.5. The first kappa shape index (κ1) is 20.3. The highest BCUT2D eigenvalue weighted by Gasteiger charge is 2.54. The van der Waals surface area contributed by atoms with Crippen molar-refractivity contribution in [1.29, 1.82) is 0 Å². The number of nitrogens with one attached hydrogen (secondary N) is 1. The van der Waals surface area contributed by atoms with Gasteiger partial charge in [-0.2, -0.15) is 0 Å². The molecular weight excluding hydrogens is 358 g/mol. The van der Waals surface area contributed by atoms with Gasteiger partial charge < -0.3 is 15.0 Å². The number of piperidine rings is 1. The number of esters is 1. The summed E-state index contributed by atoms with van der Waals surface area (Å²) in [6.07, 6.45) is 1.12. The number of rotatable bonds is 6. The summed E-state index contributed by atoms with van der Waals surface area (Å²) >= 11 is 0. The van der Waals surface area contributed by atoms with Crippen molar-refractivity contribution in [3.63, 3.8) is 0 Å². The van der Waals surface area contributed by atoms with Crippen molar-refractivity contribution in [2.24, 2.45) is 5.92 Å². The Balaban J connectivity index is 1.60. The summed E-state index contributed by atoms with van der Waals surface area (Å²) in [5.41, 5.74) is -0.0346. The van der Waals surface area contributed by atoms with Gasteiger partial charge in [0.15, 0.2) is 0 Å². The van der Waals surface area contributed by atoms with E-state index in [0.717, 1.165) is 30.1 Å². The monoisotopic (exact) mass is 387 g/mol. The fraction of sp³-hybridized carbons (Fsp3) is 0.571. The van der Waals surface area contributed by atoms with Crippen LogP contribution >= 0.6 is 0 Å². The van der Waals surface area contributed by atoms with Gasteiger partial charge in [-0.25, -0.2) is 14.5 Å². The molecule has 1 spiro atoms. The lowest BCUT2D eigenvalue weighted by Crippen LogP contribution is -2.55. The van der Waals surface area contributed by atoms with Gasteiger partial charge in [0.25, 0.3) is 5.91 Å². The van der Waals surface area contributed by atoms with Gasteiger partial charge in [0.05, 0.1) is 0 Å². The van der Waals surface area contributed by atoms with E-state index in [2.05, 4.69) is 24.1 Å². The van der Waals surface area contributed by atoms with E-state index in [4.69, 9.17) is 4.74 Å². The van der Waals surface area contributed by atoms with Crippen LogP contribution in [0.1, 0.15) is 39.2 Å². The third-order valence-corrected chi connectivity index (χ3v) is 5.48. The largest absolute Gasteiger partial charge is 0.459 e. The predicted molar refractivity (Wildman–Crippen MR) is 104 cm³/mol. The summed E-state index contributed by atoms with van der Waals surface area (Å²) < 4.78 is 5.31. The number of ether oxygens (including phenoxy) is 1. The zero-order valence-electron chi connectivity index (χ0n) is 16.8. The van der Waals surface area contributed by atoms with E-state index in [0.29, 0.717) is 18.8 Å². The fourth-order valence-corrected chi connectivity index (χ4v) is 3.92. The molecule has 1 N–H and O–H groups in total. The van der Waals surface area contributed by atoms with Crippen LogP contribution in [0.15, 0.2) is 30.3 Å². The summed E-state index contributed by atoms with van der Waals surface area (Å²) in [7, 11) is 0. The molecule has 7 heteroatoms. The average Bonchev–Trinajstić information content (AvgIpc) is 2.91. The minimum Gasteiger partial charge on any atom is -0.459 e. The molecule has 1 aromatic rings. The van der Waals surface area contributed by atoms with Crippen LogP contribution in [-0.4, -0.2) is 58.9 Å². The molecule has 0 aliphatic carbocycles. The van der Waals surface area contributed by atoms with E-state index in [9.17, 15) is 14.4 Å². The number of amides is 3. The van der Waals surface area contributed by atoms with Crippen LogP contribution in [0.25, 0.3) is 0 Å². The van der Waals surface area contributed by atoms with Gasteiger partial charge >= 0.3 is 12.0 Å². The van der Waals surface area contributed by atoms with Gasteiger partial charge in [0.1, 0.15) is 18.2 Å². The molecule has 2 saturated heterocycles. The molecule has 7 nitrogen and oxygen atoms in total. The second-order valence-electron chi connectivity index (χ2n) is 8.15. The molecule has 1 aromatic carbocycles. The highest BCUT2D eigenvalue weighted by Crippen LogP contribution is 2.31. The predicted octanol–water partition coefficient (Wildman–Crippen LogP) is 2.16. The van der Waals surface area contributed by atoms with Gasteiger partial charge in [-0.05, 0) is 31.2 Å². The van der Waals surface area contributed by atoms with E-state index in [1.807, 2.05) is 30.3 Å². The topological polar surface area (TPSA) is 79.0 Å². The van der Waals surface area contributed by atoms with E-state index in [-0.39, 0.29) is 12.5 Å². The van der Waals surface area contributed by atoms with Crippen molar-refractivity contribution < 1.29 is 19.1 Å². The molecule has 2 fully saturated rings. The molecular formula is C21H29N3O4. The molecule has 152 valence electrons. The number of hydrogen-bond acceptors (Lipinski definition) is 5. The Kier molecular flexibility index (Phi) is 6.03. The highest BCUT2D eigenvalue weighted by atomic mass is 16.5. The van der Waals surface area contributed by atoms with Crippen molar-refractivity contribution in [2.75, 3.05) is 19.6 Å². The van der Waals surface area contributed by atoms with Crippen molar-refractivity contribution >= 4 is 17.9 Å². The number of carbonyl (C=O) groups is 3. The van der Waals surface area contributed by atoms with Crippen molar-refractivity contribution in [3.05, 3.63) is 35.9 Å². The number of urea groups is 1. The van der Waals surface area contributed by atoms with Crippen molar-refractivity contribution in [2.45, 2.75) is 51.8 Å². The number of hydrogen-bond donors (Lipinski definition) is 1. The van der Waals surface area contributed by atoms with Crippen molar-refractivity contribution in [3.8, 4) is 0 Å². The van der Waals surface area contributed by atoms with Crippen LogP contribution < -0.4 is 5.32 Å². The molecule has 2 aliphatic rings. The first-order chi connectivity index (χ1) is 13.3. The molecule has 2 aliphatic heterocycles. The Bertz CT molecular complexity index is 726. The van der Waals surface area contributed by atoms with Gasteiger partial charge in [0, 0.05) is 19.6 Å². The molecule has 0 aromatic heterocycles. The summed E-state index contributed by atoms with van der Waals surface area (Å²) in [4.78, 5) is 41.4. The summed E-state index contributed by atoms with van der Waals surface area (Å²) in [5.74, 6) is -0.341. The lowest BCUT2D eigenvalue weighted by atomic mass is 9.87. The lowest BCUT2D eigenvalue weighted by Gasteiger charge is -2.38. The number of nitrogens with zero attached hydrogens (tertiary/aromatic N) is 2. The van der Waals surface area contributed by atoms with Gasteiger partial charge in [-0.1, -0.05) is 44.2 Å². The standard InChI is InChI=1S/C21H29N3O4/c1-15(2)13-23-11-9-21(10-12-23)19(26)24(20(27)22-21)16(3)18(25)28-14-17-7-5-4-6-8-17/h4-8,15-16H,9-14H2,1-3H3,(H,22,27).